The monoisotopic (exact) mass is 818 g/mol. The Hall–Kier alpha value is -8.08. The molecule has 0 spiro atoms. The molecule has 2 aliphatic rings. The van der Waals surface area contributed by atoms with Gasteiger partial charge in [-0.25, -0.2) is 0 Å². The fourth-order valence-electron chi connectivity index (χ4n) is 11.4. The number of hydrogen-bond donors (Lipinski definition) is 0. The van der Waals surface area contributed by atoms with Crippen LogP contribution in [0.1, 0.15) is 35.6 Å². The molecule has 8 aromatic carbocycles. The van der Waals surface area contributed by atoms with Crippen molar-refractivity contribution in [3.05, 3.63) is 223 Å². The minimum absolute atomic E-state index is 0.288. The van der Waals surface area contributed by atoms with Gasteiger partial charge < -0.3 is 18.3 Å². The van der Waals surface area contributed by atoms with E-state index in [1.807, 2.05) is 0 Å². The smallest absolute Gasteiger partial charge is 0.0561 e. The molecule has 0 saturated heterocycles. The third-order valence-electron chi connectivity index (χ3n) is 14.2. The van der Waals surface area contributed by atoms with Crippen molar-refractivity contribution >= 4 is 93.8 Å². The first-order chi connectivity index (χ1) is 31.8. The molecule has 12 aromatic rings. The van der Waals surface area contributed by atoms with Gasteiger partial charge in [-0.2, -0.15) is 0 Å². The zero-order valence-electron chi connectivity index (χ0n) is 35.2. The average molecular weight is 819 g/mol. The highest BCUT2D eigenvalue weighted by molar-refractivity contribution is 6.13. The van der Waals surface area contributed by atoms with Crippen LogP contribution < -0.4 is 0 Å². The summed E-state index contributed by atoms with van der Waals surface area (Å²) in [5.74, 6) is 0.288. The fourth-order valence-corrected chi connectivity index (χ4v) is 11.4. The van der Waals surface area contributed by atoms with Gasteiger partial charge in [0.05, 0.1) is 44.3 Å². The summed E-state index contributed by atoms with van der Waals surface area (Å²) in [7, 11) is 0. The summed E-state index contributed by atoms with van der Waals surface area (Å²) in [6.45, 7) is 0. The lowest BCUT2D eigenvalue weighted by molar-refractivity contribution is 0.849. The molecule has 1 unspecified atom stereocenters. The molecule has 0 radical (unpaired) electrons. The quantitative estimate of drug-likeness (QED) is 0.165. The highest BCUT2D eigenvalue weighted by Crippen LogP contribution is 2.42. The standard InChI is InChI=1S/C60H42N4/c1-9-21-55-45(13-1)46-14-2-10-22-56(46)63(55)43-33-35-51-49-17-5-7-19-53(49)61(59(51)37-43)41-29-25-39(26-30-41)40-27-31-42(32-28-40)62-54-20-8-6-18-50(54)52-36-34-44(38-60(52)62)64-57-23-11-3-15-47(57)48-16-4-12-24-58(48)64/h1-27,29-32,34,36-38,40H,28,33,35H2. The predicted molar refractivity (Wildman–Crippen MR) is 270 cm³/mol. The Morgan fingerprint density at radius 3 is 1.39 bits per heavy atom. The Morgan fingerprint density at radius 1 is 0.375 bits per heavy atom. The van der Waals surface area contributed by atoms with Gasteiger partial charge in [-0.3, -0.25) is 0 Å². The first kappa shape index (κ1) is 35.5. The first-order valence-corrected chi connectivity index (χ1v) is 22.6. The Labute approximate surface area is 370 Å². The maximum atomic E-state index is 2.50. The van der Waals surface area contributed by atoms with E-state index in [0.29, 0.717) is 0 Å². The van der Waals surface area contributed by atoms with Gasteiger partial charge in [-0.05, 0) is 103 Å². The Morgan fingerprint density at radius 2 is 0.844 bits per heavy atom. The van der Waals surface area contributed by atoms with Gasteiger partial charge in [0.15, 0.2) is 0 Å². The van der Waals surface area contributed by atoms with E-state index < -0.39 is 0 Å². The number of allylic oxidation sites excluding steroid dienone is 5. The van der Waals surface area contributed by atoms with Crippen LogP contribution in [-0.2, 0) is 6.42 Å². The lowest BCUT2D eigenvalue weighted by atomic mass is 9.91. The summed E-state index contributed by atoms with van der Waals surface area (Å²) in [5.41, 5.74) is 17.7. The summed E-state index contributed by atoms with van der Waals surface area (Å²) in [5, 5.41) is 9.05. The van der Waals surface area contributed by atoms with Gasteiger partial charge in [-0.15, -0.1) is 0 Å². The minimum atomic E-state index is 0.288. The third-order valence-corrected chi connectivity index (χ3v) is 14.2. The van der Waals surface area contributed by atoms with Crippen molar-refractivity contribution in [1.29, 1.82) is 0 Å². The number of hydrogen-bond acceptors (Lipinski definition) is 0. The molecular weight excluding hydrogens is 777 g/mol. The fraction of sp³-hybridized carbons (Fsp3) is 0.0667. The van der Waals surface area contributed by atoms with E-state index in [9.17, 15) is 0 Å². The third kappa shape index (κ3) is 5.11. The maximum absolute atomic E-state index is 2.50. The molecule has 302 valence electrons. The van der Waals surface area contributed by atoms with Gasteiger partial charge in [0.1, 0.15) is 0 Å². The molecular formula is C60H42N4. The van der Waals surface area contributed by atoms with E-state index in [1.54, 1.807) is 0 Å². The molecule has 4 nitrogen and oxygen atoms in total. The highest BCUT2D eigenvalue weighted by atomic mass is 15.0. The summed E-state index contributed by atoms with van der Waals surface area (Å²) >= 11 is 0. The molecule has 0 amide bonds. The van der Waals surface area contributed by atoms with Crippen LogP contribution in [0.3, 0.4) is 0 Å². The van der Waals surface area contributed by atoms with Crippen LogP contribution in [0.5, 0.6) is 0 Å². The Balaban J connectivity index is 0.824. The largest absolute Gasteiger partial charge is 0.313 e. The second-order valence-corrected chi connectivity index (χ2v) is 17.6. The van der Waals surface area contributed by atoms with E-state index in [1.165, 1.54) is 116 Å². The Bertz CT molecular complexity index is 3880. The van der Waals surface area contributed by atoms with Crippen molar-refractivity contribution in [2.75, 3.05) is 0 Å². The van der Waals surface area contributed by atoms with Crippen molar-refractivity contribution in [3.8, 4) is 11.4 Å². The summed E-state index contributed by atoms with van der Waals surface area (Å²) in [6, 6.07) is 69.4. The molecule has 64 heavy (non-hydrogen) atoms. The molecule has 2 aliphatic carbocycles. The Kier molecular flexibility index (Phi) is 7.61. The molecule has 0 bridgehead atoms. The van der Waals surface area contributed by atoms with Crippen LogP contribution in [0, 0.1) is 0 Å². The highest BCUT2D eigenvalue weighted by Gasteiger charge is 2.24. The summed E-state index contributed by atoms with van der Waals surface area (Å²) in [4.78, 5) is 0. The molecule has 1 atom stereocenters. The number of benzene rings is 8. The number of aromatic nitrogens is 4. The summed E-state index contributed by atoms with van der Waals surface area (Å²) in [6.07, 6.45) is 12.6. The van der Waals surface area contributed by atoms with E-state index in [0.717, 1.165) is 19.3 Å². The molecule has 4 heterocycles. The van der Waals surface area contributed by atoms with Gasteiger partial charge >= 0.3 is 0 Å². The SMILES string of the molecule is C1=CC(c2ccc(-n3c4c(c5ccccc53)CCC(n3c5ccccc5c5ccccc53)=C4)cc2)CC=C1n1c2ccccc2c2ccc(-n3c4ccccc4c4ccccc43)cc21. The number of aryl methyl sites for hydroxylation is 1. The van der Waals surface area contributed by atoms with Gasteiger partial charge in [-0.1, -0.05) is 140 Å². The van der Waals surface area contributed by atoms with E-state index in [4.69, 9.17) is 0 Å². The molecule has 4 heteroatoms. The van der Waals surface area contributed by atoms with E-state index in [-0.39, 0.29) is 5.92 Å². The van der Waals surface area contributed by atoms with Gasteiger partial charge in [0.25, 0.3) is 0 Å². The molecule has 0 N–H and O–H groups in total. The maximum Gasteiger partial charge on any atom is 0.0561 e. The lowest BCUT2D eigenvalue weighted by Gasteiger charge is -2.21. The lowest BCUT2D eigenvalue weighted by Crippen LogP contribution is -2.07. The van der Waals surface area contributed by atoms with Crippen LogP contribution in [-0.4, -0.2) is 18.3 Å². The zero-order chi connectivity index (χ0) is 41.9. The van der Waals surface area contributed by atoms with Crippen LogP contribution in [0.25, 0.3) is 105 Å². The molecule has 0 fully saturated rings. The van der Waals surface area contributed by atoms with Gasteiger partial charge in [0.2, 0.25) is 0 Å². The second kappa shape index (κ2) is 13.7. The van der Waals surface area contributed by atoms with Crippen LogP contribution in [0.2, 0.25) is 0 Å². The van der Waals surface area contributed by atoms with Crippen molar-refractivity contribution in [2.45, 2.75) is 25.2 Å². The van der Waals surface area contributed by atoms with Crippen LogP contribution in [0.4, 0.5) is 0 Å². The van der Waals surface area contributed by atoms with Gasteiger partial charge in [0, 0.05) is 66.4 Å². The predicted octanol–water partition coefficient (Wildman–Crippen LogP) is 15.5. The minimum Gasteiger partial charge on any atom is -0.313 e. The average Bonchev–Trinajstić information content (AvgIpc) is 4.09. The molecule has 14 rings (SSSR count). The molecule has 0 aliphatic heterocycles. The van der Waals surface area contributed by atoms with Crippen molar-refractivity contribution in [3.63, 3.8) is 0 Å². The van der Waals surface area contributed by atoms with Crippen molar-refractivity contribution in [1.82, 2.24) is 18.3 Å². The van der Waals surface area contributed by atoms with E-state index >= 15 is 0 Å². The van der Waals surface area contributed by atoms with E-state index in [2.05, 4.69) is 231 Å². The summed E-state index contributed by atoms with van der Waals surface area (Å²) < 4.78 is 9.88. The normalized spacial score (nSPS) is 15.3. The van der Waals surface area contributed by atoms with Crippen LogP contribution in [0.15, 0.2) is 206 Å². The zero-order valence-corrected chi connectivity index (χ0v) is 35.2. The number of para-hydroxylation sites is 6. The molecule has 4 aromatic heterocycles. The molecule has 0 saturated carbocycles. The number of nitrogens with zero attached hydrogens (tertiary/aromatic N) is 4. The first-order valence-electron chi connectivity index (χ1n) is 22.6. The topological polar surface area (TPSA) is 19.7 Å². The number of rotatable bonds is 5. The number of fused-ring (bicyclic) bond motifs is 12. The van der Waals surface area contributed by atoms with Crippen molar-refractivity contribution in [2.24, 2.45) is 0 Å². The van der Waals surface area contributed by atoms with Crippen LogP contribution >= 0.6 is 0 Å². The second-order valence-electron chi connectivity index (χ2n) is 17.6. The van der Waals surface area contributed by atoms with Crippen molar-refractivity contribution < 1.29 is 0 Å².